The van der Waals surface area contributed by atoms with Gasteiger partial charge in [-0.15, -0.1) is 0 Å². The minimum absolute atomic E-state index is 0.654. The van der Waals surface area contributed by atoms with Crippen molar-refractivity contribution >= 4 is 17.3 Å². The van der Waals surface area contributed by atoms with Gasteiger partial charge in [-0.25, -0.2) is 0 Å². The molecule has 0 aliphatic rings. The Balaban J connectivity index is 1.76. The van der Waals surface area contributed by atoms with E-state index in [1.807, 2.05) is 17.8 Å². The van der Waals surface area contributed by atoms with Gasteiger partial charge in [0.05, 0.1) is 12.2 Å². The molecule has 0 spiro atoms. The molecule has 2 aromatic rings. The van der Waals surface area contributed by atoms with Gasteiger partial charge in [-0.1, -0.05) is 29.8 Å². The zero-order valence-electron chi connectivity index (χ0n) is 11.2. The number of thiocarbonyl (C=S) groups is 1. The van der Waals surface area contributed by atoms with E-state index in [-0.39, 0.29) is 0 Å². The van der Waals surface area contributed by atoms with Gasteiger partial charge in [0, 0.05) is 19.8 Å². The molecule has 19 heavy (non-hydrogen) atoms. The monoisotopic (exact) mass is 274 g/mol. The lowest BCUT2D eigenvalue weighted by Crippen LogP contribution is -2.34. The molecule has 2 rings (SSSR count). The Labute approximate surface area is 118 Å². The zero-order valence-corrected chi connectivity index (χ0v) is 12.0. The molecule has 4 nitrogen and oxygen atoms in total. The van der Waals surface area contributed by atoms with Crippen LogP contribution in [0.1, 0.15) is 16.8 Å². The number of nitrogens with zero attached hydrogens (tertiary/aromatic N) is 2. The minimum Gasteiger partial charge on any atom is -0.359 e. The van der Waals surface area contributed by atoms with E-state index in [9.17, 15) is 0 Å². The van der Waals surface area contributed by atoms with Gasteiger partial charge in [0.25, 0.3) is 0 Å². The third kappa shape index (κ3) is 4.06. The quantitative estimate of drug-likeness (QED) is 0.836. The van der Waals surface area contributed by atoms with Crippen molar-refractivity contribution < 1.29 is 0 Å². The summed E-state index contributed by atoms with van der Waals surface area (Å²) in [5, 5.41) is 11.1. The highest BCUT2D eigenvalue weighted by Crippen LogP contribution is 2.02. The van der Waals surface area contributed by atoms with Gasteiger partial charge in [-0.3, -0.25) is 4.68 Å². The molecule has 0 atom stereocenters. The van der Waals surface area contributed by atoms with Gasteiger partial charge in [0.15, 0.2) is 5.11 Å². The van der Waals surface area contributed by atoms with E-state index in [4.69, 9.17) is 12.2 Å². The van der Waals surface area contributed by atoms with E-state index in [0.29, 0.717) is 11.7 Å². The highest BCUT2D eigenvalue weighted by Gasteiger charge is 2.00. The molecule has 0 fully saturated rings. The zero-order chi connectivity index (χ0) is 13.7. The van der Waals surface area contributed by atoms with E-state index >= 15 is 0 Å². The number of benzene rings is 1. The molecule has 0 bridgehead atoms. The lowest BCUT2D eigenvalue weighted by molar-refractivity contribution is 0.688. The van der Waals surface area contributed by atoms with E-state index < -0.39 is 0 Å². The number of aromatic nitrogens is 2. The van der Waals surface area contributed by atoms with Gasteiger partial charge in [0.1, 0.15) is 0 Å². The fourth-order valence-electron chi connectivity index (χ4n) is 1.70. The van der Waals surface area contributed by atoms with Crippen molar-refractivity contribution in [3.05, 3.63) is 53.3 Å². The van der Waals surface area contributed by atoms with Crippen LogP contribution in [0.4, 0.5) is 0 Å². The Morgan fingerprint density at radius 1 is 1.16 bits per heavy atom. The van der Waals surface area contributed by atoms with Crippen LogP contribution in [0.2, 0.25) is 0 Å². The van der Waals surface area contributed by atoms with Crippen molar-refractivity contribution in [1.29, 1.82) is 0 Å². The molecule has 1 heterocycles. The molecule has 5 heteroatoms. The highest BCUT2D eigenvalue weighted by molar-refractivity contribution is 7.80. The Bertz CT molecular complexity index is 545. The molecule has 100 valence electrons. The average molecular weight is 274 g/mol. The molecular formula is C14H18N4S. The maximum Gasteiger partial charge on any atom is 0.166 e. The standard InChI is InChI=1S/C14H18N4S/c1-11-3-5-12(6-4-11)9-15-14(19)16-10-13-7-8-17-18(13)2/h3-8H,9-10H2,1-2H3,(H2,15,16,19). The summed E-state index contributed by atoms with van der Waals surface area (Å²) in [5.74, 6) is 0. The lowest BCUT2D eigenvalue weighted by atomic mass is 10.1. The Morgan fingerprint density at radius 3 is 2.47 bits per heavy atom. The number of nitrogens with one attached hydrogen (secondary N) is 2. The first kappa shape index (κ1) is 13.5. The fourth-order valence-corrected chi connectivity index (χ4v) is 1.84. The second-order valence-corrected chi connectivity index (χ2v) is 4.88. The van der Waals surface area contributed by atoms with Crippen molar-refractivity contribution in [2.24, 2.45) is 7.05 Å². The first-order valence-electron chi connectivity index (χ1n) is 6.19. The van der Waals surface area contributed by atoms with Crippen LogP contribution < -0.4 is 10.6 Å². The van der Waals surface area contributed by atoms with Crippen LogP contribution in [0.15, 0.2) is 36.5 Å². The highest BCUT2D eigenvalue weighted by atomic mass is 32.1. The third-order valence-electron chi connectivity index (χ3n) is 2.93. The maximum atomic E-state index is 5.24. The molecule has 0 unspecified atom stereocenters. The smallest absolute Gasteiger partial charge is 0.166 e. The summed E-state index contributed by atoms with van der Waals surface area (Å²) in [4.78, 5) is 0. The van der Waals surface area contributed by atoms with Gasteiger partial charge >= 0.3 is 0 Å². The van der Waals surface area contributed by atoms with Gasteiger partial charge < -0.3 is 10.6 Å². The largest absolute Gasteiger partial charge is 0.359 e. The van der Waals surface area contributed by atoms with Crippen molar-refractivity contribution in [2.45, 2.75) is 20.0 Å². The second kappa shape index (κ2) is 6.33. The van der Waals surface area contributed by atoms with Crippen LogP contribution in [-0.4, -0.2) is 14.9 Å². The molecule has 0 radical (unpaired) electrons. The summed E-state index contributed by atoms with van der Waals surface area (Å²) in [6.45, 7) is 3.49. The van der Waals surface area contributed by atoms with Crippen LogP contribution in [0.5, 0.6) is 0 Å². The van der Waals surface area contributed by atoms with Crippen LogP contribution in [0.3, 0.4) is 0 Å². The maximum absolute atomic E-state index is 5.24. The van der Waals surface area contributed by atoms with E-state index in [1.54, 1.807) is 6.20 Å². The van der Waals surface area contributed by atoms with Crippen molar-refractivity contribution in [3.63, 3.8) is 0 Å². The molecule has 1 aromatic heterocycles. The lowest BCUT2D eigenvalue weighted by Gasteiger charge is -2.10. The molecule has 0 aliphatic heterocycles. The average Bonchev–Trinajstić information content (AvgIpc) is 2.81. The second-order valence-electron chi connectivity index (χ2n) is 4.47. The molecule has 0 aliphatic carbocycles. The summed E-state index contributed by atoms with van der Waals surface area (Å²) in [7, 11) is 1.92. The van der Waals surface area contributed by atoms with Crippen LogP contribution in [-0.2, 0) is 20.1 Å². The Morgan fingerprint density at radius 2 is 1.84 bits per heavy atom. The van der Waals surface area contributed by atoms with Crippen molar-refractivity contribution in [1.82, 2.24) is 20.4 Å². The molecule has 0 amide bonds. The predicted molar refractivity (Wildman–Crippen MR) is 80.7 cm³/mol. The van der Waals surface area contributed by atoms with E-state index in [2.05, 4.69) is 46.9 Å². The summed E-state index contributed by atoms with van der Waals surface area (Å²) >= 11 is 5.24. The van der Waals surface area contributed by atoms with Gasteiger partial charge in [0.2, 0.25) is 0 Å². The number of aryl methyl sites for hydroxylation is 2. The SMILES string of the molecule is Cc1ccc(CNC(=S)NCc2ccnn2C)cc1. The normalized spacial score (nSPS) is 10.2. The van der Waals surface area contributed by atoms with Crippen LogP contribution in [0, 0.1) is 6.92 Å². The fraction of sp³-hybridized carbons (Fsp3) is 0.286. The topological polar surface area (TPSA) is 41.9 Å². The summed E-state index contributed by atoms with van der Waals surface area (Å²) in [5.41, 5.74) is 3.58. The van der Waals surface area contributed by atoms with E-state index in [1.165, 1.54) is 11.1 Å². The summed E-state index contributed by atoms with van der Waals surface area (Å²) in [6, 6.07) is 10.4. The molecule has 1 aromatic carbocycles. The van der Waals surface area contributed by atoms with Gasteiger partial charge in [-0.05, 0) is 30.8 Å². The molecule has 0 saturated carbocycles. The Hall–Kier alpha value is -1.88. The first-order valence-corrected chi connectivity index (χ1v) is 6.60. The number of hydrogen-bond acceptors (Lipinski definition) is 2. The molecule has 0 saturated heterocycles. The molecule has 2 N–H and O–H groups in total. The summed E-state index contributed by atoms with van der Waals surface area (Å²) in [6.07, 6.45) is 1.78. The first-order chi connectivity index (χ1) is 9.15. The minimum atomic E-state index is 0.654. The predicted octanol–water partition coefficient (Wildman–Crippen LogP) is 1.89. The third-order valence-corrected chi connectivity index (χ3v) is 3.21. The van der Waals surface area contributed by atoms with Crippen LogP contribution in [0.25, 0.3) is 0 Å². The number of rotatable bonds is 4. The van der Waals surface area contributed by atoms with Gasteiger partial charge in [-0.2, -0.15) is 5.10 Å². The van der Waals surface area contributed by atoms with Crippen molar-refractivity contribution in [3.8, 4) is 0 Å². The van der Waals surface area contributed by atoms with E-state index in [0.717, 1.165) is 12.2 Å². The summed E-state index contributed by atoms with van der Waals surface area (Å²) < 4.78 is 1.83. The van der Waals surface area contributed by atoms with Crippen molar-refractivity contribution in [2.75, 3.05) is 0 Å². The Kier molecular flexibility index (Phi) is 4.52. The molecular weight excluding hydrogens is 256 g/mol. The van der Waals surface area contributed by atoms with Crippen LogP contribution >= 0.6 is 12.2 Å². The number of hydrogen-bond donors (Lipinski definition) is 2.